The van der Waals surface area contributed by atoms with Gasteiger partial charge in [-0.3, -0.25) is 14.6 Å². The summed E-state index contributed by atoms with van der Waals surface area (Å²) in [5, 5.41) is 17.5. The van der Waals surface area contributed by atoms with E-state index in [4.69, 9.17) is 14.1 Å². The molecule has 0 unspecified atom stereocenters. The highest BCUT2D eigenvalue weighted by molar-refractivity contribution is 5.95. The lowest BCUT2D eigenvalue weighted by Crippen LogP contribution is -2.49. The monoisotopic (exact) mass is 631 g/mol. The Balaban J connectivity index is 1.03. The molecule has 1 aliphatic carbocycles. The molecule has 1 amide bonds. The first-order valence-corrected chi connectivity index (χ1v) is 16.8. The maximum absolute atomic E-state index is 13.4. The third kappa shape index (κ3) is 7.65. The molecule has 1 saturated heterocycles. The van der Waals surface area contributed by atoms with E-state index in [-0.39, 0.29) is 12.5 Å². The number of rotatable bonds is 12. The van der Waals surface area contributed by atoms with Gasteiger partial charge in [-0.1, -0.05) is 6.07 Å². The van der Waals surface area contributed by atoms with Gasteiger partial charge in [0.2, 0.25) is 0 Å². The Morgan fingerprint density at radius 1 is 1.13 bits per heavy atom. The number of nitrogens with one attached hydrogen (secondary N) is 2. The molecule has 6 rings (SSSR count). The fourth-order valence-electron chi connectivity index (χ4n) is 6.59. The number of aromatic nitrogens is 2. The lowest BCUT2D eigenvalue weighted by Gasteiger charge is -2.37. The molecule has 2 aliphatic heterocycles. The highest BCUT2D eigenvalue weighted by atomic mass is 16.5. The lowest BCUT2D eigenvalue weighted by molar-refractivity contribution is 0.0841. The van der Waals surface area contributed by atoms with Crippen molar-refractivity contribution in [2.75, 3.05) is 56.0 Å². The molecule has 3 N–H and O–H groups in total. The number of fused-ring (bicyclic) bond motifs is 1. The van der Waals surface area contributed by atoms with Crippen LogP contribution in [0.5, 0.6) is 5.75 Å². The minimum atomic E-state index is -0.683. The Morgan fingerprint density at radius 3 is 2.63 bits per heavy atom. The Labute approximate surface area is 272 Å². The molecule has 1 aromatic carbocycles. The summed E-state index contributed by atoms with van der Waals surface area (Å²) < 4.78 is 11.5. The summed E-state index contributed by atoms with van der Waals surface area (Å²) in [5.74, 6) is 2.99. The van der Waals surface area contributed by atoms with Gasteiger partial charge in [0.05, 0.1) is 11.8 Å². The number of β-amino-alcohol motifs (C(OH)–C–C–N with tert-alkyl or cyclic N) is 1. The van der Waals surface area contributed by atoms with Gasteiger partial charge in [0.1, 0.15) is 24.0 Å². The van der Waals surface area contributed by atoms with Gasteiger partial charge in [-0.2, -0.15) is 0 Å². The van der Waals surface area contributed by atoms with Crippen molar-refractivity contribution in [1.29, 1.82) is 0 Å². The highest BCUT2D eigenvalue weighted by Crippen LogP contribution is 2.30. The molecular weight excluding hydrogens is 582 g/mol. The SMILES string of the molecule is Cc1ncoc1COc1ccc2c(c1C)CCN(C[C@@H](O)CNC(=O)c1cc(NC3CCC3)nc(N3CCN(C(C)C)CC3)c1)C2. The molecule has 248 valence electrons. The fourth-order valence-corrected chi connectivity index (χ4v) is 6.59. The van der Waals surface area contributed by atoms with Crippen molar-refractivity contribution in [1.82, 2.24) is 25.1 Å². The van der Waals surface area contributed by atoms with Crippen LogP contribution >= 0.6 is 0 Å². The predicted octanol–water partition coefficient (Wildman–Crippen LogP) is 3.91. The van der Waals surface area contributed by atoms with E-state index >= 15 is 0 Å². The summed E-state index contributed by atoms with van der Waals surface area (Å²) in [6.45, 7) is 14.8. The maximum atomic E-state index is 13.4. The van der Waals surface area contributed by atoms with Gasteiger partial charge in [0, 0.05) is 70.0 Å². The van der Waals surface area contributed by atoms with E-state index in [1.54, 1.807) is 0 Å². The lowest BCUT2D eigenvalue weighted by atomic mass is 9.93. The summed E-state index contributed by atoms with van der Waals surface area (Å²) in [5.41, 5.74) is 5.11. The average Bonchev–Trinajstić information content (AvgIpc) is 3.45. The van der Waals surface area contributed by atoms with Gasteiger partial charge in [-0.25, -0.2) is 9.97 Å². The number of hydrogen-bond acceptors (Lipinski definition) is 10. The summed E-state index contributed by atoms with van der Waals surface area (Å²) in [7, 11) is 0. The highest BCUT2D eigenvalue weighted by Gasteiger charge is 2.25. The zero-order valence-corrected chi connectivity index (χ0v) is 27.7. The zero-order valence-electron chi connectivity index (χ0n) is 27.7. The van der Waals surface area contributed by atoms with Crippen molar-refractivity contribution < 1.29 is 19.1 Å². The molecule has 3 aromatic rings. The molecule has 3 aliphatic rings. The van der Waals surface area contributed by atoms with E-state index in [9.17, 15) is 9.90 Å². The van der Waals surface area contributed by atoms with Crippen molar-refractivity contribution in [2.24, 2.45) is 0 Å². The summed E-state index contributed by atoms with van der Waals surface area (Å²) in [4.78, 5) is 29.4. The van der Waals surface area contributed by atoms with E-state index in [1.807, 2.05) is 25.1 Å². The zero-order chi connectivity index (χ0) is 32.2. The number of aliphatic hydroxyl groups is 1. The van der Waals surface area contributed by atoms with Crippen LogP contribution in [0, 0.1) is 13.8 Å². The number of hydrogen-bond donors (Lipinski definition) is 3. The number of carbonyl (C=O) groups excluding carboxylic acids is 1. The quantitative estimate of drug-likeness (QED) is 0.272. The first kappa shape index (κ1) is 32.3. The number of ether oxygens (including phenoxy) is 1. The van der Waals surface area contributed by atoms with Gasteiger partial charge in [0.25, 0.3) is 5.91 Å². The third-order valence-electron chi connectivity index (χ3n) is 9.79. The number of benzene rings is 1. The smallest absolute Gasteiger partial charge is 0.251 e. The van der Waals surface area contributed by atoms with Gasteiger partial charge in [-0.05, 0) is 88.3 Å². The van der Waals surface area contributed by atoms with E-state index < -0.39 is 6.10 Å². The second-order valence-corrected chi connectivity index (χ2v) is 13.3. The number of carbonyl (C=O) groups is 1. The molecule has 4 heterocycles. The van der Waals surface area contributed by atoms with E-state index in [0.29, 0.717) is 30.8 Å². The molecule has 46 heavy (non-hydrogen) atoms. The van der Waals surface area contributed by atoms with E-state index in [2.05, 4.69) is 57.2 Å². The van der Waals surface area contributed by atoms with Crippen LogP contribution in [0.15, 0.2) is 35.1 Å². The molecule has 2 aromatic heterocycles. The number of amides is 1. The molecule has 1 atom stereocenters. The van der Waals surface area contributed by atoms with Crippen LogP contribution in [0.4, 0.5) is 11.6 Å². The van der Waals surface area contributed by atoms with Crippen LogP contribution in [-0.4, -0.2) is 94.8 Å². The Kier molecular flexibility index (Phi) is 10.1. The van der Waals surface area contributed by atoms with Crippen LogP contribution in [0.3, 0.4) is 0 Å². The number of piperazine rings is 1. The Bertz CT molecular complexity index is 1500. The predicted molar refractivity (Wildman–Crippen MR) is 178 cm³/mol. The molecular formula is C35H49N7O4. The second kappa shape index (κ2) is 14.4. The van der Waals surface area contributed by atoms with Crippen LogP contribution < -0.4 is 20.3 Å². The minimum absolute atomic E-state index is 0.186. The number of pyridine rings is 1. The number of nitrogens with zero attached hydrogens (tertiary/aromatic N) is 5. The van der Waals surface area contributed by atoms with Crippen LogP contribution in [-0.2, 0) is 19.6 Å². The van der Waals surface area contributed by atoms with Gasteiger partial charge >= 0.3 is 0 Å². The molecule has 11 nitrogen and oxygen atoms in total. The van der Waals surface area contributed by atoms with Crippen LogP contribution in [0.25, 0.3) is 0 Å². The molecule has 0 radical (unpaired) electrons. The van der Waals surface area contributed by atoms with Gasteiger partial charge in [0.15, 0.2) is 12.2 Å². The number of aliphatic hydroxyl groups excluding tert-OH is 1. The average molecular weight is 632 g/mol. The number of oxazole rings is 1. The molecule has 0 spiro atoms. The largest absolute Gasteiger partial charge is 0.485 e. The van der Waals surface area contributed by atoms with Gasteiger partial charge in [-0.15, -0.1) is 0 Å². The summed E-state index contributed by atoms with van der Waals surface area (Å²) in [6.07, 6.45) is 5.12. The van der Waals surface area contributed by atoms with Crippen molar-refractivity contribution in [3.05, 3.63) is 64.4 Å². The van der Waals surface area contributed by atoms with Crippen molar-refractivity contribution >= 4 is 17.5 Å². The van der Waals surface area contributed by atoms with Crippen molar-refractivity contribution in [3.63, 3.8) is 0 Å². The number of anilines is 2. The normalized spacial score (nSPS) is 18.3. The Hall–Kier alpha value is -3.67. The van der Waals surface area contributed by atoms with E-state index in [0.717, 1.165) is 92.9 Å². The van der Waals surface area contributed by atoms with Gasteiger partial charge < -0.3 is 29.8 Å². The summed E-state index contributed by atoms with van der Waals surface area (Å²) in [6, 6.07) is 8.81. The topological polar surface area (TPSA) is 119 Å². The Morgan fingerprint density at radius 2 is 1.93 bits per heavy atom. The van der Waals surface area contributed by atoms with Crippen molar-refractivity contribution in [3.8, 4) is 5.75 Å². The second-order valence-electron chi connectivity index (χ2n) is 13.3. The van der Waals surface area contributed by atoms with Crippen LogP contribution in [0.1, 0.15) is 71.6 Å². The minimum Gasteiger partial charge on any atom is -0.485 e. The fraction of sp³-hybridized carbons (Fsp3) is 0.571. The van der Waals surface area contributed by atoms with Crippen molar-refractivity contribution in [2.45, 2.75) is 84.7 Å². The molecule has 11 heteroatoms. The number of aryl methyl sites for hydroxylation is 1. The standard InChI is InChI=1S/C35H49N7O4/c1-23(2)41-12-14-42(15-13-41)34-17-27(16-33(39-34)38-28-6-5-7-28)35(44)36-18-29(43)20-40-11-10-30-24(3)31(9-8-26(30)19-40)45-21-32-25(4)37-22-46-32/h8-9,16-17,22-23,28-29,43H,5-7,10-15,18-21H2,1-4H3,(H,36,44)(H,38,39)/t29-/m0/s1. The van der Waals surface area contributed by atoms with Crippen LogP contribution in [0.2, 0.25) is 0 Å². The molecule has 0 bridgehead atoms. The van der Waals surface area contributed by atoms with E-state index in [1.165, 1.54) is 23.9 Å². The summed E-state index contributed by atoms with van der Waals surface area (Å²) >= 11 is 0. The third-order valence-corrected chi connectivity index (χ3v) is 9.79. The first-order valence-electron chi connectivity index (χ1n) is 16.8. The maximum Gasteiger partial charge on any atom is 0.251 e. The first-order chi connectivity index (χ1) is 22.2. The molecule has 1 saturated carbocycles. The molecule has 2 fully saturated rings.